The predicted molar refractivity (Wildman–Crippen MR) is 72.9 cm³/mol. The highest BCUT2D eigenvalue weighted by molar-refractivity contribution is 6.31. The summed E-state index contributed by atoms with van der Waals surface area (Å²) in [5, 5.41) is 15.8. The number of benzene rings is 1. The zero-order valence-corrected chi connectivity index (χ0v) is 11.0. The van der Waals surface area contributed by atoms with Gasteiger partial charge in [0.25, 0.3) is 0 Å². The summed E-state index contributed by atoms with van der Waals surface area (Å²) in [6, 6.07) is 7.80. The zero-order valence-electron chi connectivity index (χ0n) is 10.2. The van der Waals surface area contributed by atoms with Crippen molar-refractivity contribution >= 4 is 17.4 Å². The summed E-state index contributed by atoms with van der Waals surface area (Å²) in [6.07, 6.45) is 2.90. The van der Waals surface area contributed by atoms with Gasteiger partial charge in [-0.1, -0.05) is 35.0 Å². The molecule has 0 radical (unpaired) electrons. The van der Waals surface area contributed by atoms with Gasteiger partial charge in [-0.3, -0.25) is 0 Å². The molecule has 0 amide bonds. The molecule has 0 atom stereocenters. The van der Waals surface area contributed by atoms with Crippen LogP contribution in [-0.4, -0.2) is 17.6 Å². The highest BCUT2D eigenvalue weighted by Crippen LogP contribution is 2.48. The second-order valence-corrected chi connectivity index (χ2v) is 5.37. The molecule has 4 N–H and O–H groups in total. The Morgan fingerprint density at radius 3 is 2.78 bits per heavy atom. The van der Waals surface area contributed by atoms with Crippen molar-refractivity contribution in [1.82, 2.24) is 5.32 Å². The maximum atomic E-state index is 8.59. The Morgan fingerprint density at radius 2 is 2.17 bits per heavy atom. The van der Waals surface area contributed by atoms with Gasteiger partial charge < -0.3 is 16.3 Å². The highest BCUT2D eigenvalue weighted by atomic mass is 35.5. The van der Waals surface area contributed by atoms with Crippen LogP contribution in [0, 0.1) is 5.41 Å². The maximum Gasteiger partial charge on any atom is 0.139 e. The maximum absolute atomic E-state index is 8.59. The molecule has 1 aliphatic carbocycles. The third kappa shape index (κ3) is 3.37. The van der Waals surface area contributed by atoms with Gasteiger partial charge in [0, 0.05) is 24.5 Å². The van der Waals surface area contributed by atoms with Crippen LogP contribution in [0.1, 0.15) is 24.8 Å². The average Bonchev–Trinajstić information content (AvgIpc) is 3.11. The highest BCUT2D eigenvalue weighted by Gasteiger charge is 2.42. The number of nitrogens with zero attached hydrogens (tertiary/aromatic N) is 1. The minimum atomic E-state index is 0.178. The van der Waals surface area contributed by atoms with Crippen LogP contribution in [0.4, 0.5) is 0 Å². The third-order valence-electron chi connectivity index (χ3n) is 3.41. The second kappa shape index (κ2) is 5.59. The summed E-state index contributed by atoms with van der Waals surface area (Å²) in [5.41, 5.74) is 6.83. The minimum absolute atomic E-state index is 0.178. The molecule has 1 aliphatic rings. The van der Waals surface area contributed by atoms with Crippen LogP contribution in [0.15, 0.2) is 29.4 Å². The molecule has 0 aromatic heterocycles. The first kappa shape index (κ1) is 13.2. The van der Waals surface area contributed by atoms with Gasteiger partial charge in [-0.05, 0) is 29.9 Å². The van der Waals surface area contributed by atoms with Crippen molar-refractivity contribution in [2.75, 3.05) is 6.54 Å². The standard InChI is InChI=1S/C13H18ClN3O/c14-11-4-2-1-3-10(11)8-16-9-13(5-6-13)7-12(15)17-18/h1-4,16,18H,5-9H2,(H2,15,17). The first-order chi connectivity index (χ1) is 8.65. The number of hydrogen-bond donors (Lipinski definition) is 3. The van der Waals surface area contributed by atoms with Crippen LogP contribution < -0.4 is 11.1 Å². The molecule has 2 rings (SSSR count). The lowest BCUT2D eigenvalue weighted by molar-refractivity contribution is 0.314. The molecule has 0 unspecified atom stereocenters. The Morgan fingerprint density at radius 1 is 1.44 bits per heavy atom. The van der Waals surface area contributed by atoms with Crippen molar-refractivity contribution in [3.63, 3.8) is 0 Å². The minimum Gasteiger partial charge on any atom is -0.409 e. The van der Waals surface area contributed by atoms with Gasteiger partial charge in [0.1, 0.15) is 5.84 Å². The number of halogens is 1. The van der Waals surface area contributed by atoms with Crippen LogP contribution in [0.2, 0.25) is 5.02 Å². The normalized spacial score (nSPS) is 17.7. The van der Waals surface area contributed by atoms with Crippen molar-refractivity contribution in [3.8, 4) is 0 Å². The van der Waals surface area contributed by atoms with Crippen LogP contribution in [0.3, 0.4) is 0 Å². The molecule has 1 aromatic carbocycles. The van der Waals surface area contributed by atoms with E-state index in [2.05, 4.69) is 10.5 Å². The molecule has 1 saturated carbocycles. The van der Waals surface area contributed by atoms with Gasteiger partial charge in [-0.25, -0.2) is 0 Å². The molecular weight excluding hydrogens is 250 g/mol. The second-order valence-electron chi connectivity index (χ2n) is 4.96. The van der Waals surface area contributed by atoms with Gasteiger partial charge in [0.05, 0.1) is 0 Å². The summed E-state index contributed by atoms with van der Waals surface area (Å²) in [7, 11) is 0. The monoisotopic (exact) mass is 267 g/mol. The van der Waals surface area contributed by atoms with E-state index in [9.17, 15) is 0 Å². The lowest BCUT2D eigenvalue weighted by atomic mass is 10.0. The first-order valence-electron chi connectivity index (χ1n) is 6.06. The van der Waals surface area contributed by atoms with Crippen molar-refractivity contribution in [2.45, 2.75) is 25.8 Å². The average molecular weight is 268 g/mol. The summed E-state index contributed by atoms with van der Waals surface area (Å²) < 4.78 is 0. The predicted octanol–water partition coefficient (Wildman–Crippen LogP) is 2.35. The molecular formula is C13H18ClN3O. The molecule has 1 fully saturated rings. The van der Waals surface area contributed by atoms with Crippen molar-refractivity contribution in [2.24, 2.45) is 16.3 Å². The fraction of sp³-hybridized carbons (Fsp3) is 0.462. The molecule has 0 saturated heterocycles. The third-order valence-corrected chi connectivity index (χ3v) is 3.78. The topological polar surface area (TPSA) is 70.6 Å². The molecule has 0 aliphatic heterocycles. The number of hydrogen-bond acceptors (Lipinski definition) is 3. The van der Waals surface area contributed by atoms with Gasteiger partial charge in [0.15, 0.2) is 0 Å². The SMILES string of the molecule is NC(CC1(CNCc2ccccc2Cl)CC1)=NO. The Bertz CT molecular complexity index is 444. The van der Waals surface area contributed by atoms with E-state index < -0.39 is 0 Å². The van der Waals surface area contributed by atoms with E-state index in [1.807, 2.05) is 24.3 Å². The Hall–Kier alpha value is -1.26. The van der Waals surface area contributed by atoms with Crippen molar-refractivity contribution in [1.29, 1.82) is 0 Å². The molecule has 0 bridgehead atoms. The summed E-state index contributed by atoms with van der Waals surface area (Å²) in [5.74, 6) is 0.312. The number of rotatable bonds is 6. The number of nitrogens with one attached hydrogen (secondary N) is 1. The first-order valence-corrected chi connectivity index (χ1v) is 6.44. The Labute approximate surface area is 112 Å². The largest absolute Gasteiger partial charge is 0.409 e. The van der Waals surface area contributed by atoms with E-state index in [0.29, 0.717) is 12.3 Å². The molecule has 18 heavy (non-hydrogen) atoms. The number of amidine groups is 1. The smallest absolute Gasteiger partial charge is 0.139 e. The fourth-order valence-electron chi connectivity index (χ4n) is 2.12. The quantitative estimate of drug-likeness (QED) is 0.321. The lowest BCUT2D eigenvalue weighted by Gasteiger charge is -2.15. The van der Waals surface area contributed by atoms with Crippen LogP contribution >= 0.6 is 11.6 Å². The summed E-state index contributed by atoms with van der Waals surface area (Å²) in [6.45, 7) is 1.62. The van der Waals surface area contributed by atoms with E-state index in [0.717, 1.165) is 36.5 Å². The van der Waals surface area contributed by atoms with E-state index in [-0.39, 0.29) is 5.41 Å². The zero-order chi connectivity index (χ0) is 13.0. The van der Waals surface area contributed by atoms with Crippen LogP contribution in [0.25, 0.3) is 0 Å². The van der Waals surface area contributed by atoms with Gasteiger partial charge in [-0.15, -0.1) is 0 Å². The summed E-state index contributed by atoms with van der Waals surface area (Å²) >= 11 is 6.08. The van der Waals surface area contributed by atoms with E-state index in [1.165, 1.54) is 0 Å². The number of oxime groups is 1. The lowest BCUT2D eigenvalue weighted by Crippen LogP contribution is -2.28. The van der Waals surface area contributed by atoms with Crippen molar-refractivity contribution in [3.05, 3.63) is 34.9 Å². The van der Waals surface area contributed by atoms with E-state index >= 15 is 0 Å². The van der Waals surface area contributed by atoms with Gasteiger partial charge in [-0.2, -0.15) is 0 Å². The molecule has 0 heterocycles. The molecule has 5 heteroatoms. The molecule has 4 nitrogen and oxygen atoms in total. The molecule has 0 spiro atoms. The Kier molecular flexibility index (Phi) is 4.09. The van der Waals surface area contributed by atoms with Crippen LogP contribution in [-0.2, 0) is 6.54 Å². The van der Waals surface area contributed by atoms with Crippen LogP contribution in [0.5, 0.6) is 0 Å². The number of nitrogens with two attached hydrogens (primary N) is 1. The van der Waals surface area contributed by atoms with Crippen molar-refractivity contribution < 1.29 is 5.21 Å². The summed E-state index contributed by atoms with van der Waals surface area (Å²) in [4.78, 5) is 0. The van der Waals surface area contributed by atoms with E-state index in [4.69, 9.17) is 22.5 Å². The molecule has 98 valence electrons. The van der Waals surface area contributed by atoms with E-state index in [1.54, 1.807) is 0 Å². The van der Waals surface area contributed by atoms with Gasteiger partial charge >= 0.3 is 0 Å². The fourth-order valence-corrected chi connectivity index (χ4v) is 2.32. The van der Waals surface area contributed by atoms with Gasteiger partial charge in [0.2, 0.25) is 0 Å². The Balaban J connectivity index is 1.81. The molecule has 1 aromatic rings.